The highest BCUT2D eigenvalue weighted by Crippen LogP contribution is 2.38. The third-order valence-corrected chi connectivity index (χ3v) is 5.57. The van der Waals surface area contributed by atoms with Gasteiger partial charge in [0.25, 0.3) is 5.91 Å². The summed E-state index contributed by atoms with van der Waals surface area (Å²) in [5.41, 5.74) is 1.19. The number of methoxy groups -OCH3 is 4. The summed E-state index contributed by atoms with van der Waals surface area (Å²) in [6.45, 7) is 4.50. The molecule has 0 spiro atoms. The fourth-order valence-electron chi connectivity index (χ4n) is 2.90. The summed E-state index contributed by atoms with van der Waals surface area (Å²) >= 11 is 1.40. The van der Waals surface area contributed by atoms with Gasteiger partial charge < -0.3 is 29.2 Å². The summed E-state index contributed by atoms with van der Waals surface area (Å²) in [5.74, 6) is 0.448. The average Bonchev–Trinajstić information content (AvgIpc) is 3.07. The van der Waals surface area contributed by atoms with E-state index in [-0.39, 0.29) is 18.4 Å². The van der Waals surface area contributed by atoms with Gasteiger partial charge in [0.15, 0.2) is 16.6 Å². The molecule has 1 heterocycles. The van der Waals surface area contributed by atoms with E-state index in [2.05, 4.69) is 10.3 Å². The minimum absolute atomic E-state index is 0.128. The molecule has 0 saturated carbocycles. The zero-order chi connectivity index (χ0) is 23.0. The Bertz CT molecular complexity index is 870. The van der Waals surface area contributed by atoms with Gasteiger partial charge in [0.05, 0.1) is 27.0 Å². The molecule has 0 aliphatic carbocycles. The van der Waals surface area contributed by atoms with Gasteiger partial charge >= 0.3 is 0 Å². The highest BCUT2D eigenvalue weighted by atomic mass is 32.1. The Morgan fingerprint density at radius 3 is 2.19 bits per heavy atom. The summed E-state index contributed by atoms with van der Waals surface area (Å²) in [4.78, 5) is 32.7. The molecular formula is C21H29N3O6S. The van der Waals surface area contributed by atoms with Gasteiger partial charge in [0.1, 0.15) is 6.54 Å². The number of rotatable bonds is 11. The smallest absolute Gasteiger partial charge is 0.254 e. The number of thiazole rings is 1. The quantitative estimate of drug-likeness (QED) is 0.525. The van der Waals surface area contributed by atoms with Crippen LogP contribution in [0.2, 0.25) is 0 Å². The number of aryl methyl sites for hydroxylation is 2. The van der Waals surface area contributed by atoms with Crippen molar-refractivity contribution in [2.75, 3.05) is 53.5 Å². The van der Waals surface area contributed by atoms with Crippen molar-refractivity contribution < 1.29 is 28.5 Å². The van der Waals surface area contributed by atoms with Crippen molar-refractivity contribution in [2.24, 2.45) is 0 Å². The number of aromatic nitrogens is 1. The maximum atomic E-state index is 13.3. The number of carbonyl (C=O) groups is 2. The molecule has 0 atom stereocenters. The van der Waals surface area contributed by atoms with Crippen LogP contribution in [0, 0.1) is 13.8 Å². The Labute approximate surface area is 186 Å². The average molecular weight is 452 g/mol. The Morgan fingerprint density at radius 2 is 1.71 bits per heavy atom. The summed E-state index contributed by atoms with van der Waals surface area (Å²) in [7, 11) is 6.04. The molecule has 0 aliphatic heterocycles. The van der Waals surface area contributed by atoms with E-state index >= 15 is 0 Å². The first kappa shape index (κ1) is 24.4. The van der Waals surface area contributed by atoms with Gasteiger partial charge in [0.2, 0.25) is 11.7 Å². The number of ether oxygens (including phenoxy) is 4. The first-order valence-electron chi connectivity index (χ1n) is 9.66. The number of amides is 2. The Kier molecular flexibility index (Phi) is 9.07. The minimum Gasteiger partial charge on any atom is -0.493 e. The van der Waals surface area contributed by atoms with E-state index in [9.17, 15) is 9.59 Å². The second-order valence-electron chi connectivity index (χ2n) is 6.70. The van der Waals surface area contributed by atoms with E-state index in [4.69, 9.17) is 18.9 Å². The van der Waals surface area contributed by atoms with Crippen molar-refractivity contribution in [1.82, 2.24) is 9.88 Å². The minimum atomic E-state index is -0.336. The van der Waals surface area contributed by atoms with Gasteiger partial charge in [-0.25, -0.2) is 4.98 Å². The van der Waals surface area contributed by atoms with Crippen LogP contribution in [-0.4, -0.2) is 69.8 Å². The molecule has 0 unspecified atom stereocenters. The first-order valence-corrected chi connectivity index (χ1v) is 10.5. The fourth-order valence-corrected chi connectivity index (χ4v) is 3.73. The van der Waals surface area contributed by atoms with E-state index < -0.39 is 0 Å². The normalized spacial score (nSPS) is 10.5. The molecule has 0 bridgehead atoms. The second kappa shape index (κ2) is 11.5. The van der Waals surface area contributed by atoms with Crippen molar-refractivity contribution in [2.45, 2.75) is 20.3 Å². The summed E-state index contributed by atoms with van der Waals surface area (Å²) in [6.07, 6.45) is 0.579. The van der Waals surface area contributed by atoms with E-state index in [0.29, 0.717) is 47.5 Å². The first-order chi connectivity index (χ1) is 14.8. The lowest BCUT2D eigenvalue weighted by molar-refractivity contribution is -0.116. The zero-order valence-corrected chi connectivity index (χ0v) is 19.6. The van der Waals surface area contributed by atoms with Crippen molar-refractivity contribution in [3.05, 3.63) is 28.3 Å². The van der Waals surface area contributed by atoms with Crippen LogP contribution in [0.15, 0.2) is 12.1 Å². The Hall–Kier alpha value is -2.85. The predicted octanol–water partition coefficient (Wildman–Crippen LogP) is 2.90. The van der Waals surface area contributed by atoms with Crippen molar-refractivity contribution in [3.8, 4) is 17.2 Å². The van der Waals surface area contributed by atoms with Gasteiger partial charge in [-0.2, -0.15) is 0 Å². The molecule has 1 N–H and O–H groups in total. The number of nitrogens with zero attached hydrogens (tertiary/aromatic N) is 2. The number of anilines is 1. The fraction of sp³-hybridized carbons (Fsp3) is 0.476. The molecule has 9 nitrogen and oxygen atoms in total. The molecule has 10 heteroatoms. The highest BCUT2D eigenvalue weighted by Gasteiger charge is 2.23. The van der Waals surface area contributed by atoms with Crippen LogP contribution in [0.1, 0.15) is 27.3 Å². The van der Waals surface area contributed by atoms with Gasteiger partial charge in [-0.05, 0) is 32.4 Å². The maximum absolute atomic E-state index is 13.3. The monoisotopic (exact) mass is 451 g/mol. The molecule has 2 rings (SSSR count). The summed E-state index contributed by atoms with van der Waals surface area (Å²) < 4.78 is 21.1. The third kappa shape index (κ3) is 6.31. The van der Waals surface area contributed by atoms with Crippen LogP contribution in [0.3, 0.4) is 0 Å². The van der Waals surface area contributed by atoms with E-state index in [0.717, 1.165) is 10.6 Å². The van der Waals surface area contributed by atoms with E-state index in [1.165, 1.54) is 37.6 Å². The topological polar surface area (TPSA) is 99.2 Å². The molecule has 2 aromatic rings. The standard InChI is InChI=1S/C21H29N3O6S/c1-13-14(2)31-21(22-13)23-18(25)12-24(8-7-9-27-3)20(26)15-10-16(28-4)19(30-6)17(11-15)29-5/h10-11H,7-9,12H2,1-6H3,(H,22,23,25). The van der Waals surface area contributed by atoms with Crippen molar-refractivity contribution >= 4 is 28.3 Å². The summed E-state index contributed by atoms with van der Waals surface area (Å²) in [5, 5.41) is 3.28. The number of hydrogen-bond acceptors (Lipinski definition) is 8. The predicted molar refractivity (Wildman–Crippen MR) is 119 cm³/mol. The molecule has 2 amide bonds. The molecule has 0 aliphatic rings. The van der Waals surface area contributed by atoms with Crippen LogP contribution in [0.25, 0.3) is 0 Å². The molecule has 170 valence electrons. The van der Waals surface area contributed by atoms with E-state index in [1.807, 2.05) is 13.8 Å². The van der Waals surface area contributed by atoms with Gasteiger partial charge in [-0.15, -0.1) is 11.3 Å². The van der Waals surface area contributed by atoms with Crippen molar-refractivity contribution in [3.63, 3.8) is 0 Å². The molecule has 1 aromatic heterocycles. The number of carbonyl (C=O) groups excluding carboxylic acids is 2. The number of nitrogens with one attached hydrogen (secondary N) is 1. The van der Waals surface area contributed by atoms with Crippen LogP contribution in [0.5, 0.6) is 17.2 Å². The zero-order valence-electron chi connectivity index (χ0n) is 18.7. The molecular weight excluding hydrogens is 422 g/mol. The SMILES string of the molecule is COCCCN(CC(=O)Nc1nc(C)c(C)s1)C(=O)c1cc(OC)c(OC)c(OC)c1. The van der Waals surface area contributed by atoms with Crippen molar-refractivity contribution in [1.29, 1.82) is 0 Å². The lowest BCUT2D eigenvalue weighted by atomic mass is 10.1. The van der Waals surface area contributed by atoms with Gasteiger partial charge in [-0.1, -0.05) is 0 Å². The van der Waals surface area contributed by atoms with Gasteiger partial charge in [-0.3, -0.25) is 9.59 Å². The maximum Gasteiger partial charge on any atom is 0.254 e. The number of benzene rings is 1. The molecule has 0 saturated heterocycles. The van der Waals surface area contributed by atoms with Crippen LogP contribution in [-0.2, 0) is 9.53 Å². The largest absolute Gasteiger partial charge is 0.493 e. The summed E-state index contributed by atoms with van der Waals surface area (Å²) in [6, 6.07) is 3.14. The molecule has 0 radical (unpaired) electrons. The lowest BCUT2D eigenvalue weighted by Crippen LogP contribution is -2.39. The molecule has 31 heavy (non-hydrogen) atoms. The van der Waals surface area contributed by atoms with E-state index in [1.54, 1.807) is 19.2 Å². The van der Waals surface area contributed by atoms with Gasteiger partial charge in [0, 0.05) is 30.7 Å². The van der Waals surface area contributed by atoms with Crippen LogP contribution in [0.4, 0.5) is 5.13 Å². The second-order valence-corrected chi connectivity index (χ2v) is 7.90. The van der Waals surface area contributed by atoms with Crippen LogP contribution >= 0.6 is 11.3 Å². The molecule has 1 aromatic carbocycles. The molecule has 0 fully saturated rings. The Morgan fingerprint density at radius 1 is 1.06 bits per heavy atom. The highest BCUT2D eigenvalue weighted by molar-refractivity contribution is 7.15. The lowest BCUT2D eigenvalue weighted by Gasteiger charge is -2.23. The van der Waals surface area contributed by atoms with Crippen LogP contribution < -0.4 is 19.5 Å². The number of hydrogen-bond donors (Lipinski definition) is 1. The third-order valence-electron chi connectivity index (χ3n) is 4.58. The Balaban J connectivity index is 2.25.